The Labute approximate surface area is 176 Å². The Bertz CT molecular complexity index is 809. The Morgan fingerprint density at radius 1 is 1.18 bits per heavy atom. The Kier molecular flexibility index (Phi) is 7.32. The van der Waals surface area contributed by atoms with Crippen LogP contribution in [0.4, 0.5) is 5.69 Å². The molecule has 1 aromatic rings. The highest BCUT2D eigenvalue weighted by atomic mass is 35.8. The number of nitrogens with zero attached hydrogens (tertiary/aromatic N) is 2. The molecule has 0 aliphatic carbocycles. The maximum atomic E-state index is 11.9. The second kappa shape index (κ2) is 9.12. The second-order valence-electron chi connectivity index (χ2n) is 5.94. The molecule has 152 valence electrons. The van der Waals surface area contributed by atoms with Gasteiger partial charge in [0.15, 0.2) is 11.5 Å². The van der Waals surface area contributed by atoms with Gasteiger partial charge in [-0.25, -0.2) is 0 Å². The summed E-state index contributed by atoms with van der Waals surface area (Å²) in [6.45, 7) is 1.70. The first-order chi connectivity index (χ1) is 13.0. The Morgan fingerprint density at radius 2 is 1.79 bits per heavy atom. The quantitative estimate of drug-likeness (QED) is 0.136. The molecule has 0 saturated heterocycles. The highest BCUT2D eigenvalue weighted by molar-refractivity contribution is 7.64. The first-order valence-electron chi connectivity index (χ1n) is 8.16. The third kappa shape index (κ3) is 5.37. The van der Waals surface area contributed by atoms with E-state index in [1.54, 1.807) is 0 Å². The van der Waals surface area contributed by atoms with Gasteiger partial charge in [0, 0.05) is 12.2 Å². The third-order valence-electron chi connectivity index (χ3n) is 4.05. The van der Waals surface area contributed by atoms with Gasteiger partial charge in [-0.2, -0.15) is 0 Å². The second-order valence-corrected chi connectivity index (χ2v) is 15.2. The van der Waals surface area contributed by atoms with Crippen molar-refractivity contribution in [2.24, 2.45) is 0 Å². The number of nitro benzene ring substituents is 1. The summed E-state index contributed by atoms with van der Waals surface area (Å²) >= 11 is 17.5. The number of halogens is 3. The third-order valence-corrected chi connectivity index (χ3v) is 6.67. The van der Waals surface area contributed by atoms with E-state index in [4.69, 9.17) is 42.7 Å². The predicted octanol–water partition coefficient (Wildman–Crippen LogP) is 4.01. The Morgan fingerprint density at radius 3 is 2.29 bits per heavy atom. The minimum absolute atomic E-state index is 0.147. The van der Waals surface area contributed by atoms with Crippen LogP contribution >= 0.6 is 33.2 Å². The van der Waals surface area contributed by atoms with E-state index in [9.17, 15) is 19.7 Å². The van der Waals surface area contributed by atoms with E-state index in [0.717, 1.165) is 17.1 Å². The van der Waals surface area contributed by atoms with Gasteiger partial charge in [0.25, 0.3) is 17.5 Å². The number of imide groups is 1. The van der Waals surface area contributed by atoms with E-state index in [1.807, 2.05) is 0 Å². The molecular weight excluding hydrogens is 451 g/mol. The molecular formula is C16H17Cl3N2O6Si. The SMILES string of the molecule is COc1cc(C(C)N2C(=O)C=CC2=O)c([N+](=O)[O-])cc1OCCC[Si](Cl)(Cl)Cl. The lowest BCUT2D eigenvalue weighted by atomic mass is 10.0. The maximum absolute atomic E-state index is 11.9. The van der Waals surface area contributed by atoms with Crippen molar-refractivity contribution in [2.45, 2.75) is 25.4 Å². The number of nitro groups is 1. The average molecular weight is 468 g/mol. The molecule has 1 aliphatic rings. The van der Waals surface area contributed by atoms with Crippen molar-refractivity contribution in [1.82, 2.24) is 4.90 Å². The van der Waals surface area contributed by atoms with Gasteiger partial charge in [-0.1, -0.05) is 0 Å². The molecule has 0 aromatic heterocycles. The summed E-state index contributed by atoms with van der Waals surface area (Å²) in [7, 11) is 1.38. The number of amides is 2. The molecule has 0 spiro atoms. The van der Waals surface area contributed by atoms with Crippen LogP contribution in [-0.4, -0.2) is 41.4 Å². The molecule has 2 rings (SSSR count). The normalized spacial score (nSPS) is 15.1. The van der Waals surface area contributed by atoms with E-state index < -0.39 is 28.8 Å². The van der Waals surface area contributed by atoms with Gasteiger partial charge in [0.1, 0.15) is 0 Å². The lowest BCUT2D eigenvalue weighted by Crippen LogP contribution is -2.33. The summed E-state index contributed by atoms with van der Waals surface area (Å²) in [5.74, 6) is -0.706. The van der Waals surface area contributed by atoms with Crippen molar-refractivity contribution in [3.8, 4) is 11.5 Å². The van der Waals surface area contributed by atoms with Gasteiger partial charge in [0.05, 0.1) is 36.3 Å². The zero-order valence-corrected chi connectivity index (χ0v) is 18.3. The number of carbonyl (C=O) groups excluding carboxylic acids is 2. The van der Waals surface area contributed by atoms with Gasteiger partial charge < -0.3 is 9.47 Å². The van der Waals surface area contributed by atoms with Crippen LogP contribution in [-0.2, 0) is 9.59 Å². The lowest BCUT2D eigenvalue weighted by Gasteiger charge is -2.23. The fraction of sp³-hybridized carbons (Fsp3) is 0.375. The summed E-state index contributed by atoms with van der Waals surface area (Å²) < 4.78 is 10.8. The summed E-state index contributed by atoms with van der Waals surface area (Å²) in [6, 6.07) is -0.671. The van der Waals surface area contributed by atoms with Gasteiger partial charge >= 0.3 is 6.00 Å². The van der Waals surface area contributed by atoms with Crippen LogP contribution in [0.5, 0.6) is 11.5 Å². The molecule has 0 N–H and O–H groups in total. The summed E-state index contributed by atoms with van der Waals surface area (Å²) in [4.78, 5) is 35.7. The molecule has 28 heavy (non-hydrogen) atoms. The van der Waals surface area contributed by atoms with Crippen molar-refractivity contribution >= 4 is 56.7 Å². The molecule has 12 heteroatoms. The standard InChI is InChI=1S/C16H17Cl3N2O6Si/c1-10(20-15(22)4-5-16(20)23)11-8-13(26-2)14(9-12(11)21(24)25)27-6-3-7-28(17,18)19/h4-5,8-10H,3,6-7H2,1-2H3. The molecule has 1 unspecified atom stereocenters. The smallest absolute Gasteiger partial charge is 0.341 e. The van der Waals surface area contributed by atoms with Gasteiger partial charge in [-0.15, -0.1) is 33.2 Å². The number of hydrogen-bond acceptors (Lipinski definition) is 6. The Hall–Kier alpha value is -1.81. The number of ether oxygens (including phenoxy) is 2. The lowest BCUT2D eigenvalue weighted by molar-refractivity contribution is -0.385. The fourth-order valence-electron chi connectivity index (χ4n) is 2.72. The van der Waals surface area contributed by atoms with Crippen LogP contribution in [0.15, 0.2) is 24.3 Å². The zero-order chi connectivity index (χ0) is 21.1. The number of benzene rings is 1. The molecule has 0 saturated carbocycles. The van der Waals surface area contributed by atoms with E-state index in [1.165, 1.54) is 26.2 Å². The molecule has 1 heterocycles. The van der Waals surface area contributed by atoms with Crippen molar-refractivity contribution in [3.63, 3.8) is 0 Å². The van der Waals surface area contributed by atoms with E-state index in [0.29, 0.717) is 12.5 Å². The number of carbonyl (C=O) groups is 2. The molecule has 1 atom stereocenters. The predicted molar refractivity (Wildman–Crippen MR) is 107 cm³/mol. The van der Waals surface area contributed by atoms with Crippen molar-refractivity contribution < 1.29 is 24.0 Å². The van der Waals surface area contributed by atoms with Gasteiger partial charge in [0.2, 0.25) is 0 Å². The minimum Gasteiger partial charge on any atom is -0.493 e. The fourth-order valence-corrected chi connectivity index (χ4v) is 4.47. The van der Waals surface area contributed by atoms with Crippen LogP contribution < -0.4 is 9.47 Å². The molecule has 2 amide bonds. The van der Waals surface area contributed by atoms with E-state index in [2.05, 4.69) is 0 Å². The highest BCUT2D eigenvalue weighted by Crippen LogP contribution is 2.40. The van der Waals surface area contributed by atoms with Crippen LogP contribution in [0, 0.1) is 10.1 Å². The number of hydrogen-bond donors (Lipinski definition) is 0. The van der Waals surface area contributed by atoms with Crippen molar-refractivity contribution in [2.75, 3.05) is 13.7 Å². The number of methoxy groups -OCH3 is 1. The van der Waals surface area contributed by atoms with E-state index >= 15 is 0 Å². The molecule has 0 bridgehead atoms. The summed E-state index contributed by atoms with van der Waals surface area (Å²) in [5.41, 5.74) is -0.153. The van der Waals surface area contributed by atoms with Crippen molar-refractivity contribution in [3.05, 3.63) is 40.0 Å². The first kappa shape index (κ1) is 22.5. The van der Waals surface area contributed by atoms with Crippen LogP contribution in [0.2, 0.25) is 6.04 Å². The van der Waals surface area contributed by atoms with Crippen LogP contribution in [0.3, 0.4) is 0 Å². The average Bonchev–Trinajstić information content (AvgIpc) is 2.95. The molecule has 0 fully saturated rings. The largest absolute Gasteiger partial charge is 0.493 e. The first-order valence-corrected chi connectivity index (χ1v) is 13.4. The maximum Gasteiger partial charge on any atom is 0.341 e. The minimum atomic E-state index is -2.78. The monoisotopic (exact) mass is 466 g/mol. The number of rotatable bonds is 9. The zero-order valence-electron chi connectivity index (χ0n) is 15.0. The van der Waals surface area contributed by atoms with Gasteiger partial charge in [-0.05, 0) is 25.5 Å². The van der Waals surface area contributed by atoms with Crippen LogP contribution in [0.1, 0.15) is 24.9 Å². The highest BCUT2D eigenvalue weighted by Gasteiger charge is 2.34. The van der Waals surface area contributed by atoms with Crippen molar-refractivity contribution in [1.29, 1.82) is 0 Å². The molecule has 8 nitrogen and oxygen atoms in total. The van der Waals surface area contributed by atoms with Crippen LogP contribution in [0.25, 0.3) is 0 Å². The topological polar surface area (TPSA) is 99.0 Å². The molecule has 1 aromatic carbocycles. The molecule has 0 radical (unpaired) electrons. The molecule has 1 aliphatic heterocycles. The van der Waals surface area contributed by atoms with E-state index in [-0.39, 0.29) is 29.4 Å². The summed E-state index contributed by atoms with van der Waals surface area (Å²) in [6.07, 6.45) is 2.70. The Balaban J connectivity index is 2.31. The van der Waals surface area contributed by atoms with Gasteiger partial charge in [-0.3, -0.25) is 24.6 Å². The summed E-state index contributed by atoms with van der Waals surface area (Å²) in [5, 5.41) is 11.6.